The fourth-order valence-electron chi connectivity index (χ4n) is 4.28. The fraction of sp³-hybridized carbons (Fsp3) is 0.385. The van der Waals surface area contributed by atoms with Gasteiger partial charge in [0.15, 0.2) is 6.10 Å². The van der Waals surface area contributed by atoms with Gasteiger partial charge in [0.05, 0.1) is 32.7 Å². The van der Waals surface area contributed by atoms with Gasteiger partial charge in [0.2, 0.25) is 0 Å². The normalized spacial score (nSPS) is 15.4. The lowest BCUT2D eigenvalue weighted by Crippen LogP contribution is -2.26. The molecule has 1 aliphatic carbocycles. The molecule has 4 rings (SSSR count). The maximum absolute atomic E-state index is 13.5. The lowest BCUT2D eigenvalue weighted by molar-refractivity contribution is -0.150. The number of rotatable bonds is 7. The maximum Gasteiger partial charge on any atom is 0.347 e. The largest absolute Gasteiger partial charge is 0.477 e. The maximum atomic E-state index is 13.5. The molecule has 0 amide bonds. The van der Waals surface area contributed by atoms with E-state index in [1.54, 1.807) is 26.1 Å². The van der Waals surface area contributed by atoms with Crippen LogP contribution in [0.1, 0.15) is 63.3 Å². The van der Waals surface area contributed by atoms with E-state index in [1.165, 1.54) is 11.1 Å². The number of ether oxygens (including phenoxy) is 2. The van der Waals surface area contributed by atoms with E-state index < -0.39 is 12.1 Å². The summed E-state index contributed by atoms with van der Waals surface area (Å²) in [5, 5.41) is 5.12. The molecular formula is C26H26Br3N3O4. The number of halogens is 3. The number of carbonyl (C=O) groups is 1. The molecule has 1 aromatic heterocycles. The second-order valence-electron chi connectivity index (χ2n) is 8.65. The molecule has 10 heteroatoms. The van der Waals surface area contributed by atoms with Crippen LogP contribution in [-0.2, 0) is 9.53 Å². The number of benzene rings is 2. The van der Waals surface area contributed by atoms with E-state index in [-0.39, 0.29) is 18.1 Å². The Morgan fingerprint density at radius 1 is 1.17 bits per heavy atom. The first-order valence-corrected chi connectivity index (χ1v) is 14.2. The number of carbonyl (C=O) groups excluding carboxylic acids is 1. The predicted molar refractivity (Wildman–Crippen MR) is 151 cm³/mol. The summed E-state index contributed by atoms with van der Waals surface area (Å²) in [6, 6.07) is 9.18. The Labute approximate surface area is 234 Å². The van der Waals surface area contributed by atoms with Crippen molar-refractivity contribution in [1.82, 2.24) is 9.66 Å². The van der Waals surface area contributed by atoms with E-state index in [1.807, 2.05) is 24.3 Å². The second kappa shape index (κ2) is 12.0. The Balaban J connectivity index is 1.70. The Hall–Kier alpha value is -2.04. The van der Waals surface area contributed by atoms with Crippen LogP contribution in [0.3, 0.4) is 0 Å². The third kappa shape index (κ3) is 6.08. The highest BCUT2D eigenvalue weighted by Crippen LogP contribution is 2.36. The van der Waals surface area contributed by atoms with E-state index >= 15 is 0 Å². The minimum absolute atomic E-state index is 0.190. The molecule has 1 heterocycles. The zero-order valence-electron chi connectivity index (χ0n) is 20.0. The third-order valence-electron chi connectivity index (χ3n) is 6.06. The highest BCUT2D eigenvalue weighted by Gasteiger charge is 2.23. The van der Waals surface area contributed by atoms with Crippen LogP contribution in [0.25, 0.3) is 10.9 Å². The van der Waals surface area contributed by atoms with Gasteiger partial charge in [-0.15, -0.1) is 0 Å². The van der Waals surface area contributed by atoms with Crippen LogP contribution in [0.5, 0.6) is 5.75 Å². The molecule has 1 aliphatic rings. The Kier molecular flexibility index (Phi) is 9.00. The standard InChI is InChI=1S/C26H26Br3N3O4/c1-3-35-26(34)15(2)36-23-20(28)11-16(12-21(23)29)14-30-32-24(17-7-5-4-6-8-17)31-22-10-9-18(27)13-19(22)25(32)33/h9-15,17H,3-8H2,1-2H3/t15-/m0/s1. The van der Waals surface area contributed by atoms with Crippen molar-refractivity contribution in [2.45, 2.75) is 58.0 Å². The van der Waals surface area contributed by atoms with Crippen molar-refractivity contribution in [3.63, 3.8) is 0 Å². The van der Waals surface area contributed by atoms with Gasteiger partial charge < -0.3 is 9.47 Å². The van der Waals surface area contributed by atoms with Crippen LogP contribution in [0.4, 0.5) is 0 Å². The second-order valence-corrected chi connectivity index (χ2v) is 11.3. The number of esters is 1. The first-order chi connectivity index (χ1) is 17.3. The van der Waals surface area contributed by atoms with Crippen LogP contribution < -0.4 is 10.3 Å². The van der Waals surface area contributed by atoms with Crippen molar-refractivity contribution in [3.05, 3.63) is 65.5 Å². The van der Waals surface area contributed by atoms with E-state index in [4.69, 9.17) is 14.5 Å². The fourth-order valence-corrected chi connectivity index (χ4v) is 6.05. The highest BCUT2D eigenvalue weighted by atomic mass is 79.9. The van der Waals surface area contributed by atoms with Crippen molar-refractivity contribution < 1.29 is 14.3 Å². The number of aromatic nitrogens is 2. The third-order valence-corrected chi connectivity index (χ3v) is 7.73. The summed E-state index contributed by atoms with van der Waals surface area (Å²) in [5.74, 6) is 0.930. The molecule has 1 saturated carbocycles. The summed E-state index contributed by atoms with van der Waals surface area (Å²) in [6.45, 7) is 3.67. The molecule has 0 aliphatic heterocycles. The Morgan fingerprint density at radius 2 is 1.86 bits per heavy atom. The molecule has 0 unspecified atom stereocenters. The molecule has 2 aromatic carbocycles. The summed E-state index contributed by atoms with van der Waals surface area (Å²) in [5.41, 5.74) is 1.22. The molecule has 36 heavy (non-hydrogen) atoms. The van der Waals surface area contributed by atoms with Crippen molar-refractivity contribution in [1.29, 1.82) is 0 Å². The van der Waals surface area contributed by atoms with Gasteiger partial charge in [-0.25, -0.2) is 9.78 Å². The highest BCUT2D eigenvalue weighted by molar-refractivity contribution is 9.11. The minimum Gasteiger partial charge on any atom is -0.477 e. The molecule has 0 saturated heterocycles. The monoisotopic (exact) mass is 681 g/mol. The first kappa shape index (κ1) is 27.0. The van der Waals surface area contributed by atoms with Crippen LogP contribution in [0, 0.1) is 0 Å². The average molecular weight is 684 g/mol. The molecule has 190 valence electrons. The average Bonchev–Trinajstić information content (AvgIpc) is 2.86. The quantitative estimate of drug-likeness (QED) is 0.199. The van der Waals surface area contributed by atoms with Gasteiger partial charge >= 0.3 is 5.97 Å². The van der Waals surface area contributed by atoms with E-state index in [0.717, 1.165) is 35.7 Å². The minimum atomic E-state index is -0.767. The molecular weight excluding hydrogens is 658 g/mol. The van der Waals surface area contributed by atoms with Gasteiger partial charge in [0.25, 0.3) is 5.56 Å². The molecule has 0 bridgehead atoms. The smallest absolute Gasteiger partial charge is 0.347 e. The van der Waals surface area contributed by atoms with Gasteiger partial charge in [0, 0.05) is 10.4 Å². The zero-order valence-corrected chi connectivity index (χ0v) is 24.7. The van der Waals surface area contributed by atoms with Crippen LogP contribution >= 0.6 is 47.8 Å². The number of nitrogens with zero attached hydrogens (tertiary/aromatic N) is 3. The van der Waals surface area contributed by atoms with Gasteiger partial charge in [-0.3, -0.25) is 4.79 Å². The van der Waals surface area contributed by atoms with E-state index in [9.17, 15) is 9.59 Å². The van der Waals surface area contributed by atoms with Gasteiger partial charge in [-0.1, -0.05) is 35.2 Å². The van der Waals surface area contributed by atoms with Crippen molar-refractivity contribution in [2.24, 2.45) is 5.10 Å². The number of hydrogen-bond acceptors (Lipinski definition) is 6. The van der Waals surface area contributed by atoms with Crippen molar-refractivity contribution in [3.8, 4) is 5.75 Å². The number of fused-ring (bicyclic) bond motifs is 1. The molecule has 0 N–H and O–H groups in total. The van der Waals surface area contributed by atoms with Crippen LogP contribution in [0.15, 0.2) is 53.6 Å². The van der Waals surface area contributed by atoms with Crippen molar-refractivity contribution in [2.75, 3.05) is 6.61 Å². The SMILES string of the molecule is CCOC(=O)[C@H](C)Oc1c(Br)cc(C=Nn2c(C3CCCCC3)nc3ccc(Br)cc3c2=O)cc1Br. The summed E-state index contributed by atoms with van der Waals surface area (Å²) < 4.78 is 14.4. The van der Waals surface area contributed by atoms with Crippen LogP contribution in [-0.4, -0.2) is 34.6 Å². The summed E-state index contributed by atoms with van der Waals surface area (Å²) in [4.78, 5) is 30.3. The lowest BCUT2D eigenvalue weighted by Gasteiger charge is -2.22. The van der Waals surface area contributed by atoms with Crippen molar-refractivity contribution >= 4 is 70.9 Å². The summed E-state index contributed by atoms with van der Waals surface area (Å²) in [7, 11) is 0. The van der Waals surface area contributed by atoms with Gasteiger partial charge in [0.1, 0.15) is 11.6 Å². The summed E-state index contributed by atoms with van der Waals surface area (Å²) in [6.07, 6.45) is 6.29. The first-order valence-electron chi connectivity index (χ1n) is 11.9. The van der Waals surface area contributed by atoms with Gasteiger partial charge in [-0.2, -0.15) is 9.78 Å². The molecule has 0 radical (unpaired) electrons. The molecule has 7 nitrogen and oxygen atoms in total. The van der Waals surface area contributed by atoms with E-state index in [2.05, 4.69) is 52.9 Å². The molecule has 3 aromatic rings. The molecule has 1 fully saturated rings. The Morgan fingerprint density at radius 3 is 2.53 bits per heavy atom. The lowest BCUT2D eigenvalue weighted by atomic mass is 9.88. The van der Waals surface area contributed by atoms with E-state index in [0.29, 0.717) is 31.4 Å². The topological polar surface area (TPSA) is 82.8 Å². The molecule has 0 spiro atoms. The Bertz CT molecular complexity index is 1340. The molecule has 1 atom stereocenters. The predicted octanol–water partition coefficient (Wildman–Crippen LogP) is 6.94. The summed E-state index contributed by atoms with van der Waals surface area (Å²) >= 11 is 10.5. The number of hydrogen-bond donors (Lipinski definition) is 0. The van der Waals surface area contributed by atoms with Gasteiger partial charge in [-0.05, 0) is 94.4 Å². The van der Waals surface area contributed by atoms with Crippen LogP contribution in [0.2, 0.25) is 0 Å². The zero-order chi connectivity index (χ0) is 25.8.